The lowest BCUT2D eigenvalue weighted by molar-refractivity contribution is 0.252. The van der Waals surface area contributed by atoms with Gasteiger partial charge in [0.2, 0.25) is 0 Å². The second-order valence-corrected chi connectivity index (χ2v) is 3.79. The summed E-state index contributed by atoms with van der Waals surface area (Å²) in [5, 5.41) is 5.87. The van der Waals surface area contributed by atoms with Crippen molar-refractivity contribution in [1.82, 2.24) is 5.32 Å². The third-order valence-electron chi connectivity index (χ3n) is 1.54. The Kier molecular flexibility index (Phi) is 4.22. The van der Waals surface area contributed by atoms with Gasteiger partial charge in [-0.2, -0.15) is 0 Å². The minimum Gasteiger partial charge on any atom is -0.338 e. The van der Waals surface area contributed by atoms with Gasteiger partial charge in [0.15, 0.2) is 0 Å². The molecule has 0 aliphatic rings. The van der Waals surface area contributed by atoms with E-state index in [-0.39, 0.29) is 6.03 Å². The maximum absolute atomic E-state index is 11.2. The Morgan fingerprint density at radius 3 is 2.93 bits per heavy atom. The number of hydrogen-bond donors (Lipinski definition) is 2. The molecule has 3 nitrogen and oxygen atoms in total. The highest BCUT2D eigenvalue weighted by Crippen LogP contribution is 2.29. The van der Waals surface area contributed by atoms with Crippen molar-refractivity contribution in [2.24, 2.45) is 0 Å². The Morgan fingerprint density at radius 2 is 2.29 bits per heavy atom. The summed E-state index contributed by atoms with van der Waals surface area (Å²) in [5.74, 6) is 0. The molecule has 0 atom stereocenters. The van der Waals surface area contributed by atoms with E-state index in [1.807, 2.05) is 6.92 Å². The van der Waals surface area contributed by atoms with Crippen molar-refractivity contribution in [1.29, 1.82) is 0 Å². The first-order valence-corrected chi connectivity index (χ1v) is 5.31. The highest BCUT2D eigenvalue weighted by molar-refractivity contribution is 9.10. The summed E-state index contributed by atoms with van der Waals surface area (Å²) < 4.78 is 0.688. The Bertz CT molecular complexity index is 344. The molecular formula is C9H10BrClN2O. The SMILES string of the molecule is CCNC(=O)Nc1cccc(Cl)c1Br. The van der Waals surface area contributed by atoms with E-state index in [4.69, 9.17) is 11.6 Å². The molecule has 1 aromatic carbocycles. The fourth-order valence-electron chi connectivity index (χ4n) is 0.927. The zero-order chi connectivity index (χ0) is 10.6. The number of urea groups is 1. The summed E-state index contributed by atoms with van der Waals surface area (Å²) in [6, 6.07) is 5.05. The Morgan fingerprint density at radius 1 is 1.57 bits per heavy atom. The molecule has 1 aromatic rings. The lowest BCUT2D eigenvalue weighted by atomic mass is 10.3. The van der Waals surface area contributed by atoms with Crippen LogP contribution in [0.3, 0.4) is 0 Å². The fraction of sp³-hybridized carbons (Fsp3) is 0.222. The zero-order valence-electron chi connectivity index (χ0n) is 7.60. The summed E-state index contributed by atoms with van der Waals surface area (Å²) in [7, 11) is 0. The van der Waals surface area contributed by atoms with Crippen molar-refractivity contribution < 1.29 is 4.79 Å². The third kappa shape index (κ3) is 2.89. The molecule has 0 heterocycles. The second kappa shape index (κ2) is 5.22. The van der Waals surface area contributed by atoms with Gasteiger partial charge in [0.05, 0.1) is 15.2 Å². The number of halogens is 2. The number of nitrogens with one attached hydrogen (secondary N) is 2. The highest BCUT2D eigenvalue weighted by Gasteiger charge is 2.05. The van der Waals surface area contributed by atoms with Gasteiger partial charge in [-0.05, 0) is 35.0 Å². The van der Waals surface area contributed by atoms with Crippen LogP contribution in [0.1, 0.15) is 6.92 Å². The van der Waals surface area contributed by atoms with Crippen molar-refractivity contribution in [3.63, 3.8) is 0 Å². The quantitative estimate of drug-likeness (QED) is 0.856. The number of rotatable bonds is 2. The predicted octanol–water partition coefficient (Wildman–Crippen LogP) is 3.24. The van der Waals surface area contributed by atoms with Gasteiger partial charge in [0.25, 0.3) is 0 Å². The summed E-state index contributed by atoms with van der Waals surface area (Å²) in [6.45, 7) is 2.44. The van der Waals surface area contributed by atoms with Crippen molar-refractivity contribution in [3.8, 4) is 0 Å². The van der Waals surface area contributed by atoms with Gasteiger partial charge in [0.1, 0.15) is 0 Å². The fourth-order valence-corrected chi connectivity index (χ4v) is 1.47. The molecule has 0 aromatic heterocycles. The van der Waals surface area contributed by atoms with E-state index < -0.39 is 0 Å². The van der Waals surface area contributed by atoms with Gasteiger partial charge in [-0.15, -0.1) is 0 Å². The van der Waals surface area contributed by atoms with Crippen LogP contribution in [0, 0.1) is 0 Å². The largest absolute Gasteiger partial charge is 0.338 e. The van der Waals surface area contributed by atoms with Gasteiger partial charge < -0.3 is 10.6 Å². The first-order valence-electron chi connectivity index (χ1n) is 4.14. The minimum atomic E-state index is -0.240. The molecule has 0 saturated heterocycles. The topological polar surface area (TPSA) is 41.1 Å². The molecule has 2 amide bonds. The summed E-state index contributed by atoms with van der Waals surface area (Å²) >= 11 is 9.14. The Hall–Kier alpha value is -0.740. The summed E-state index contributed by atoms with van der Waals surface area (Å²) in [4.78, 5) is 11.2. The first kappa shape index (κ1) is 11.3. The van der Waals surface area contributed by atoms with Crippen molar-refractivity contribution in [2.75, 3.05) is 11.9 Å². The molecule has 0 radical (unpaired) electrons. The van der Waals surface area contributed by atoms with Crippen molar-refractivity contribution in [3.05, 3.63) is 27.7 Å². The van der Waals surface area contributed by atoms with Gasteiger partial charge in [-0.3, -0.25) is 0 Å². The maximum Gasteiger partial charge on any atom is 0.319 e. The number of hydrogen-bond acceptors (Lipinski definition) is 1. The van der Waals surface area contributed by atoms with Gasteiger partial charge >= 0.3 is 6.03 Å². The molecule has 0 saturated carbocycles. The zero-order valence-corrected chi connectivity index (χ0v) is 9.95. The van der Waals surface area contributed by atoms with E-state index in [1.165, 1.54) is 0 Å². The molecule has 0 fully saturated rings. The van der Waals surface area contributed by atoms with Crippen LogP contribution in [-0.4, -0.2) is 12.6 Å². The predicted molar refractivity (Wildman–Crippen MR) is 61.8 cm³/mol. The molecule has 14 heavy (non-hydrogen) atoms. The number of benzene rings is 1. The molecule has 0 aliphatic carbocycles. The van der Waals surface area contributed by atoms with Crippen LogP contribution in [0.4, 0.5) is 10.5 Å². The summed E-state index contributed by atoms with van der Waals surface area (Å²) in [6.07, 6.45) is 0. The normalized spacial score (nSPS) is 9.64. The molecule has 0 bridgehead atoms. The minimum absolute atomic E-state index is 0.240. The Labute approximate surface area is 96.0 Å². The lowest BCUT2D eigenvalue weighted by Crippen LogP contribution is -2.28. The average Bonchev–Trinajstić information content (AvgIpc) is 2.13. The smallest absolute Gasteiger partial charge is 0.319 e. The van der Waals surface area contributed by atoms with Crippen LogP contribution in [-0.2, 0) is 0 Å². The van der Waals surface area contributed by atoms with Crippen molar-refractivity contribution in [2.45, 2.75) is 6.92 Å². The summed E-state index contributed by atoms with van der Waals surface area (Å²) in [5.41, 5.74) is 0.656. The van der Waals surface area contributed by atoms with Gasteiger partial charge in [0, 0.05) is 6.54 Å². The average molecular weight is 278 g/mol. The van der Waals surface area contributed by atoms with Crippen LogP contribution in [0.15, 0.2) is 22.7 Å². The molecule has 0 spiro atoms. The highest BCUT2D eigenvalue weighted by atomic mass is 79.9. The van der Waals surface area contributed by atoms with Crippen LogP contribution in [0.2, 0.25) is 5.02 Å². The van der Waals surface area contributed by atoms with E-state index in [9.17, 15) is 4.79 Å². The molecule has 5 heteroatoms. The standard InChI is InChI=1S/C9H10BrClN2O/c1-2-12-9(14)13-7-5-3-4-6(11)8(7)10/h3-5H,2H2,1H3,(H2,12,13,14). The van der Waals surface area contributed by atoms with E-state index in [0.29, 0.717) is 21.7 Å². The molecule has 0 aliphatic heterocycles. The van der Waals surface area contributed by atoms with E-state index in [0.717, 1.165) is 0 Å². The monoisotopic (exact) mass is 276 g/mol. The molecular weight excluding hydrogens is 267 g/mol. The number of carbonyl (C=O) groups excluding carboxylic acids is 1. The van der Waals surface area contributed by atoms with Gasteiger partial charge in [-0.25, -0.2) is 4.79 Å². The van der Waals surface area contributed by atoms with E-state index >= 15 is 0 Å². The number of carbonyl (C=O) groups is 1. The van der Waals surface area contributed by atoms with Crippen LogP contribution >= 0.6 is 27.5 Å². The molecule has 0 unspecified atom stereocenters. The first-order chi connectivity index (χ1) is 6.65. The van der Waals surface area contributed by atoms with E-state index in [1.54, 1.807) is 18.2 Å². The second-order valence-electron chi connectivity index (χ2n) is 2.59. The Balaban J connectivity index is 2.76. The van der Waals surface area contributed by atoms with Crippen LogP contribution in [0.25, 0.3) is 0 Å². The van der Waals surface area contributed by atoms with E-state index in [2.05, 4.69) is 26.6 Å². The third-order valence-corrected chi connectivity index (χ3v) is 2.93. The maximum atomic E-state index is 11.2. The van der Waals surface area contributed by atoms with Gasteiger partial charge in [-0.1, -0.05) is 17.7 Å². The number of anilines is 1. The molecule has 2 N–H and O–H groups in total. The molecule has 1 rings (SSSR count). The van der Waals surface area contributed by atoms with Crippen LogP contribution < -0.4 is 10.6 Å². The molecule has 76 valence electrons. The number of amides is 2. The van der Waals surface area contributed by atoms with Crippen molar-refractivity contribution >= 4 is 39.2 Å². The van der Waals surface area contributed by atoms with Crippen LogP contribution in [0.5, 0.6) is 0 Å². The lowest BCUT2D eigenvalue weighted by Gasteiger charge is -2.08.